The molecule has 2 unspecified atom stereocenters. The van der Waals surface area contributed by atoms with Crippen LogP contribution in [-0.4, -0.2) is 22.0 Å². The molecule has 98 valence electrons. The Morgan fingerprint density at radius 2 is 2.28 bits per heavy atom. The number of benzene rings is 1. The third kappa shape index (κ3) is 2.64. The van der Waals surface area contributed by atoms with E-state index in [9.17, 15) is 14.5 Å². The summed E-state index contributed by atoms with van der Waals surface area (Å²) in [5.41, 5.74) is -0.211. The molecule has 0 spiro atoms. The van der Waals surface area contributed by atoms with E-state index in [1.54, 1.807) is 18.2 Å². The molecule has 0 saturated carbocycles. The molecule has 2 atom stereocenters. The summed E-state index contributed by atoms with van der Waals surface area (Å²) >= 11 is 2.14. The van der Waals surface area contributed by atoms with Crippen molar-refractivity contribution >= 4 is 22.6 Å². The summed E-state index contributed by atoms with van der Waals surface area (Å²) in [6, 6.07) is 6.48. The molecule has 0 amide bonds. The molecule has 1 aromatic carbocycles. The lowest BCUT2D eigenvalue weighted by atomic mass is 9.92. The second-order valence-electron chi connectivity index (χ2n) is 4.40. The van der Waals surface area contributed by atoms with Crippen LogP contribution in [0.4, 0.5) is 4.39 Å². The van der Waals surface area contributed by atoms with Crippen LogP contribution in [-0.2, 0) is 10.3 Å². The molecule has 0 aliphatic carbocycles. The third-order valence-corrected chi connectivity index (χ3v) is 4.43. The standard InChI is InChI=1S/C12H13FINO3/c13-11-4-2-1-3-10(11)12(8-14)6-5-9(18-12)7-15(16)17/h1-4,9H,5-8H2. The largest absolute Gasteiger partial charge is 0.359 e. The second kappa shape index (κ2) is 5.48. The number of hydrogen-bond donors (Lipinski definition) is 0. The van der Waals surface area contributed by atoms with Crippen LogP contribution in [0.5, 0.6) is 0 Å². The maximum Gasteiger partial charge on any atom is 0.229 e. The molecule has 0 bridgehead atoms. The molecule has 1 aromatic rings. The molecule has 0 radical (unpaired) electrons. The first kappa shape index (κ1) is 13.7. The zero-order valence-electron chi connectivity index (χ0n) is 9.64. The van der Waals surface area contributed by atoms with E-state index in [1.165, 1.54) is 6.07 Å². The van der Waals surface area contributed by atoms with Crippen molar-refractivity contribution < 1.29 is 14.1 Å². The van der Waals surface area contributed by atoms with Crippen molar-refractivity contribution in [3.63, 3.8) is 0 Å². The van der Waals surface area contributed by atoms with Crippen LogP contribution in [0.1, 0.15) is 18.4 Å². The summed E-state index contributed by atoms with van der Waals surface area (Å²) in [4.78, 5) is 10.1. The lowest BCUT2D eigenvalue weighted by molar-refractivity contribution is -0.491. The van der Waals surface area contributed by atoms with Gasteiger partial charge in [0.05, 0.1) is 0 Å². The van der Waals surface area contributed by atoms with Crippen LogP contribution in [0, 0.1) is 15.9 Å². The zero-order chi connectivity index (χ0) is 13.2. The van der Waals surface area contributed by atoms with E-state index >= 15 is 0 Å². The fraction of sp³-hybridized carbons (Fsp3) is 0.500. The summed E-state index contributed by atoms with van der Waals surface area (Å²) in [6.07, 6.45) is 0.794. The summed E-state index contributed by atoms with van der Waals surface area (Å²) in [5.74, 6) is -0.309. The highest BCUT2D eigenvalue weighted by atomic mass is 127. The van der Waals surface area contributed by atoms with Crippen LogP contribution in [0.2, 0.25) is 0 Å². The first-order valence-corrected chi connectivity index (χ1v) is 7.20. The number of halogens is 2. The van der Waals surface area contributed by atoms with Crippen LogP contribution in [0.15, 0.2) is 24.3 Å². The van der Waals surface area contributed by atoms with Crippen molar-refractivity contribution in [2.24, 2.45) is 0 Å². The van der Waals surface area contributed by atoms with Crippen molar-refractivity contribution in [3.05, 3.63) is 45.8 Å². The molecule has 18 heavy (non-hydrogen) atoms. The number of ether oxygens (including phenoxy) is 1. The molecule has 6 heteroatoms. The summed E-state index contributed by atoms with van der Waals surface area (Å²) in [7, 11) is 0. The molecule has 1 saturated heterocycles. The molecule has 0 N–H and O–H groups in total. The predicted octanol–water partition coefficient (Wildman–Crippen LogP) is 2.91. The van der Waals surface area contributed by atoms with E-state index in [0.29, 0.717) is 22.8 Å². The summed E-state index contributed by atoms with van der Waals surface area (Å²) < 4.78 is 20.2. The van der Waals surface area contributed by atoms with E-state index < -0.39 is 11.7 Å². The molecule has 1 aliphatic rings. The van der Waals surface area contributed by atoms with Gasteiger partial charge in [-0.25, -0.2) is 4.39 Å². The molecule has 1 aliphatic heterocycles. The highest BCUT2D eigenvalue weighted by Gasteiger charge is 2.43. The Bertz CT molecular complexity index is 457. The van der Waals surface area contributed by atoms with Crippen LogP contribution in [0.3, 0.4) is 0 Å². The van der Waals surface area contributed by atoms with Gasteiger partial charge in [-0.05, 0) is 18.9 Å². The molecule has 0 aromatic heterocycles. The minimum Gasteiger partial charge on any atom is -0.359 e. The van der Waals surface area contributed by atoms with E-state index in [1.807, 2.05) is 0 Å². The van der Waals surface area contributed by atoms with E-state index in [0.717, 1.165) is 0 Å². The quantitative estimate of drug-likeness (QED) is 0.357. The fourth-order valence-electron chi connectivity index (χ4n) is 2.33. The second-order valence-corrected chi connectivity index (χ2v) is 5.16. The Kier molecular flexibility index (Phi) is 4.16. The van der Waals surface area contributed by atoms with Crippen molar-refractivity contribution in [2.75, 3.05) is 11.0 Å². The van der Waals surface area contributed by atoms with Gasteiger partial charge in [0.25, 0.3) is 0 Å². The lowest BCUT2D eigenvalue weighted by Crippen LogP contribution is -2.31. The molecular weight excluding hydrogens is 352 g/mol. The molecular formula is C12H13FINO3. The smallest absolute Gasteiger partial charge is 0.229 e. The Labute approximate surface area is 118 Å². The van der Waals surface area contributed by atoms with Gasteiger partial charge >= 0.3 is 0 Å². The number of nitro groups is 1. The molecule has 2 rings (SSSR count). The Hall–Kier alpha value is -0.760. The van der Waals surface area contributed by atoms with Crippen molar-refractivity contribution in [1.82, 2.24) is 0 Å². The minimum atomic E-state index is -0.716. The Balaban J connectivity index is 2.24. The highest BCUT2D eigenvalue weighted by molar-refractivity contribution is 14.1. The van der Waals surface area contributed by atoms with Crippen LogP contribution in [0.25, 0.3) is 0 Å². The Morgan fingerprint density at radius 1 is 1.56 bits per heavy atom. The van der Waals surface area contributed by atoms with Crippen molar-refractivity contribution in [3.8, 4) is 0 Å². The third-order valence-electron chi connectivity index (χ3n) is 3.20. The first-order chi connectivity index (χ1) is 8.57. The zero-order valence-corrected chi connectivity index (χ0v) is 11.8. The predicted molar refractivity (Wildman–Crippen MR) is 72.9 cm³/mol. The van der Waals surface area contributed by atoms with E-state index in [4.69, 9.17) is 4.74 Å². The highest BCUT2D eigenvalue weighted by Crippen LogP contribution is 2.41. The first-order valence-electron chi connectivity index (χ1n) is 5.68. The molecule has 1 heterocycles. The number of hydrogen-bond acceptors (Lipinski definition) is 3. The van der Waals surface area contributed by atoms with Gasteiger partial charge in [-0.2, -0.15) is 0 Å². The van der Waals surface area contributed by atoms with Gasteiger partial charge in [-0.3, -0.25) is 10.1 Å². The molecule has 1 fully saturated rings. The van der Waals surface area contributed by atoms with Gasteiger partial charge in [0.1, 0.15) is 17.5 Å². The van der Waals surface area contributed by atoms with Gasteiger partial charge in [0, 0.05) is 14.9 Å². The Morgan fingerprint density at radius 3 is 2.89 bits per heavy atom. The summed E-state index contributed by atoms with van der Waals surface area (Å²) in [6.45, 7) is -0.215. The molecule has 4 nitrogen and oxygen atoms in total. The lowest BCUT2D eigenvalue weighted by Gasteiger charge is -2.27. The number of nitrogens with zero attached hydrogens (tertiary/aromatic N) is 1. The maximum absolute atomic E-state index is 13.8. The number of alkyl halides is 1. The van der Waals surface area contributed by atoms with Crippen LogP contribution < -0.4 is 0 Å². The van der Waals surface area contributed by atoms with Gasteiger partial charge in [-0.1, -0.05) is 40.8 Å². The fourth-order valence-corrected chi connectivity index (χ4v) is 3.30. The minimum absolute atomic E-state index is 0.215. The monoisotopic (exact) mass is 365 g/mol. The van der Waals surface area contributed by atoms with Gasteiger partial charge in [-0.15, -0.1) is 0 Å². The van der Waals surface area contributed by atoms with Gasteiger partial charge < -0.3 is 4.74 Å². The van der Waals surface area contributed by atoms with Crippen molar-refractivity contribution in [1.29, 1.82) is 0 Å². The average molecular weight is 365 g/mol. The average Bonchev–Trinajstić information content (AvgIpc) is 2.73. The van der Waals surface area contributed by atoms with Gasteiger partial charge in [0.15, 0.2) is 0 Å². The summed E-state index contributed by atoms with van der Waals surface area (Å²) in [5, 5.41) is 10.5. The topological polar surface area (TPSA) is 52.4 Å². The van der Waals surface area contributed by atoms with E-state index in [2.05, 4.69) is 22.6 Å². The van der Waals surface area contributed by atoms with Gasteiger partial charge in [0.2, 0.25) is 6.54 Å². The van der Waals surface area contributed by atoms with E-state index in [-0.39, 0.29) is 17.3 Å². The maximum atomic E-state index is 13.8. The number of rotatable bonds is 4. The van der Waals surface area contributed by atoms with Crippen LogP contribution >= 0.6 is 22.6 Å². The normalized spacial score (nSPS) is 27.3. The SMILES string of the molecule is O=[N+]([O-])CC1CCC(CI)(c2ccccc2F)O1. The van der Waals surface area contributed by atoms with Crippen molar-refractivity contribution in [2.45, 2.75) is 24.5 Å².